The molecule has 4 heterocycles. The lowest BCUT2D eigenvalue weighted by Gasteiger charge is -2.33. The van der Waals surface area contributed by atoms with Crippen LogP contribution in [-0.4, -0.2) is 79.4 Å². The minimum absolute atomic E-state index is 0.0495. The maximum absolute atomic E-state index is 11.7. The summed E-state index contributed by atoms with van der Waals surface area (Å²) < 4.78 is 29.1. The van der Waals surface area contributed by atoms with Crippen LogP contribution < -0.4 is 4.90 Å². The first-order valence-electron chi connectivity index (χ1n) is 11.6. The summed E-state index contributed by atoms with van der Waals surface area (Å²) in [5, 5.41) is 4.22. The maximum atomic E-state index is 11.7. The summed E-state index contributed by atoms with van der Waals surface area (Å²) in [6.07, 6.45) is 5.04. The number of benzene rings is 1. The third-order valence-corrected chi connectivity index (χ3v) is 7.79. The van der Waals surface area contributed by atoms with Gasteiger partial charge in [0.15, 0.2) is 9.84 Å². The Labute approximate surface area is 200 Å². The number of likely N-dealkylation sites (tertiary alicyclic amines) is 1. The molecule has 1 unspecified atom stereocenters. The zero-order valence-corrected chi connectivity index (χ0v) is 20.4. The number of likely N-dealkylation sites (N-methyl/N-ethyl adjacent to an activating group) is 1. The number of anilines is 1. The highest BCUT2D eigenvalue weighted by atomic mass is 32.2. The van der Waals surface area contributed by atoms with Crippen LogP contribution in [0.25, 0.3) is 11.4 Å². The SMILES string of the molecule is CN1CCN(c2ccc(-c3noc(C4CCCN4Cc4ccc(S(C)(=O)=O)cc4)n3)cn2)CC1. The van der Waals surface area contributed by atoms with Gasteiger partial charge in [0.1, 0.15) is 5.82 Å². The molecule has 0 spiro atoms. The molecular formula is C24H30N6O3S. The molecule has 1 atom stereocenters. The molecule has 2 saturated heterocycles. The van der Waals surface area contributed by atoms with Crippen molar-refractivity contribution in [3.63, 3.8) is 0 Å². The van der Waals surface area contributed by atoms with E-state index in [2.05, 4.69) is 31.9 Å². The van der Waals surface area contributed by atoms with Gasteiger partial charge in [0.05, 0.1) is 10.9 Å². The number of hydrogen-bond acceptors (Lipinski definition) is 9. The van der Waals surface area contributed by atoms with Crippen molar-refractivity contribution in [1.29, 1.82) is 0 Å². The van der Waals surface area contributed by atoms with Gasteiger partial charge in [0.2, 0.25) is 11.7 Å². The normalized spacial score (nSPS) is 20.2. The topological polar surface area (TPSA) is 95.7 Å². The maximum Gasteiger partial charge on any atom is 0.244 e. The average molecular weight is 483 g/mol. The molecule has 1 aromatic carbocycles. The highest BCUT2D eigenvalue weighted by Crippen LogP contribution is 2.33. The molecule has 2 aromatic heterocycles. The second-order valence-corrected chi connectivity index (χ2v) is 11.2. The third-order valence-electron chi connectivity index (χ3n) is 6.66. The molecule has 2 fully saturated rings. The fourth-order valence-electron chi connectivity index (χ4n) is 4.60. The minimum Gasteiger partial charge on any atom is -0.354 e. The Morgan fingerprint density at radius 1 is 1.03 bits per heavy atom. The van der Waals surface area contributed by atoms with E-state index in [0.29, 0.717) is 23.2 Å². The van der Waals surface area contributed by atoms with Crippen LogP contribution in [0.2, 0.25) is 0 Å². The molecule has 0 saturated carbocycles. The van der Waals surface area contributed by atoms with Crippen molar-refractivity contribution in [3.8, 4) is 11.4 Å². The Morgan fingerprint density at radius 2 is 1.79 bits per heavy atom. The lowest BCUT2D eigenvalue weighted by molar-refractivity contribution is 0.201. The second kappa shape index (κ2) is 9.44. The van der Waals surface area contributed by atoms with Crippen LogP contribution in [0.5, 0.6) is 0 Å². The van der Waals surface area contributed by atoms with E-state index in [-0.39, 0.29) is 6.04 Å². The van der Waals surface area contributed by atoms with Gasteiger partial charge in [-0.05, 0) is 56.3 Å². The average Bonchev–Trinajstić information content (AvgIpc) is 3.49. The number of sulfone groups is 1. The molecule has 180 valence electrons. The first kappa shape index (κ1) is 22.9. The molecule has 2 aliphatic heterocycles. The van der Waals surface area contributed by atoms with Gasteiger partial charge >= 0.3 is 0 Å². The van der Waals surface area contributed by atoms with Crippen molar-refractivity contribution in [2.75, 3.05) is 50.9 Å². The molecule has 0 bridgehead atoms. The van der Waals surface area contributed by atoms with Crippen molar-refractivity contribution in [1.82, 2.24) is 24.9 Å². The van der Waals surface area contributed by atoms with Crippen molar-refractivity contribution in [2.45, 2.75) is 30.3 Å². The van der Waals surface area contributed by atoms with Crippen molar-refractivity contribution < 1.29 is 12.9 Å². The summed E-state index contributed by atoms with van der Waals surface area (Å²) in [7, 11) is -1.05. The zero-order chi connectivity index (χ0) is 23.7. The number of piperazine rings is 1. The lowest BCUT2D eigenvalue weighted by Crippen LogP contribution is -2.44. The van der Waals surface area contributed by atoms with E-state index in [9.17, 15) is 8.42 Å². The van der Waals surface area contributed by atoms with E-state index in [1.165, 1.54) is 6.26 Å². The highest BCUT2D eigenvalue weighted by molar-refractivity contribution is 7.90. The summed E-state index contributed by atoms with van der Waals surface area (Å²) in [5.74, 6) is 2.14. The molecule has 0 amide bonds. The van der Waals surface area contributed by atoms with E-state index in [1.807, 2.05) is 30.5 Å². The molecule has 0 aliphatic carbocycles. The highest BCUT2D eigenvalue weighted by Gasteiger charge is 2.31. The molecule has 34 heavy (non-hydrogen) atoms. The Hall–Kier alpha value is -2.82. The fraction of sp³-hybridized carbons (Fsp3) is 0.458. The Kier molecular flexibility index (Phi) is 6.37. The van der Waals surface area contributed by atoms with Crippen LogP contribution in [0.3, 0.4) is 0 Å². The van der Waals surface area contributed by atoms with Crippen molar-refractivity contribution in [2.24, 2.45) is 0 Å². The number of hydrogen-bond donors (Lipinski definition) is 0. The summed E-state index contributed by atoms with van der Waals surface area (Å²) in [6.45, 7) is 5.66. The number of rotatable bonds is 6. The van der Waals surface area contributed by atoms with E-state index in [1.54, 1.807) is 12.1 Å². The lowest BCUT2D eigenvalue weighted by atomic mass is 10.2. The number of pyridine rings is 1. The smallest absolute Gasteiger partial charge is 0.244 e. The Balaban J connectivity index is 1.26. The molecule has 3 aromatic rings. The van der Waals surface area contributed by atoms with Gasteiger partial charge in [-0.15, -0.1) is 0 Å². The molecule has 0 N–H and O–H groups in total. The van der Waals surface area contributed by atoms with Gasteiger partial charge in [-0.25, -0.2) is 13.4 Å². The minimum atomic E-state index is -3.19. The largest absolute Gasteiger partial charge is 0.354 e. The fourth-order valence-corrected chi connectivity index (χ4v) is 5.23. The number of nitrogens with zero attached hydrogens (tertiary/aromatic N) is 6. The van der Waals surface area contributed by atoms with Crippen LogP contribution >= 0.6 is 0 Å². The van der Waals surface area contributed by atoms with Gasteiger partial charge in [-0.1, -0.05) is 17.3 Å². The van der Waals surface area contributed by atoms with Crippen LogP contribution in [0.15, 0.2) is 52.0 Å². The molecule has 9 nitrogen and oxygen atoms in total. The predicted molar refractivity (Wildman–Crippen MR) is 129 cm³/mol. The molecule has 2 aliphatic rings. The standard InChI is InChI=1S/C24H30N6O3S/c1-28-12-14-29(15-13-28)22-10-7-19(16-25-22)23-26-24(33-27-23)21-4-3-11-30(21)17-18-5-8-20(9-6-18)34(2,31)32/h5-10,16,21H,3-4,11-15,17H2,1-2H3. The van der Waals surface area contributed by atoms with Crippen molar-refractivity contribution >= 4 is 15.7 Å². The first-order chi connectivity index (χ1) is 16.4. The summed E-state index contributed by atoms with van der Waals surface area (Å²) >= 11 is 0. The monoisotopic (exact) mass is 482 g/mol. The zero-order valence-electron chi connectivity index (χ0n) is 19.6. The van der Waals surface area contributed by atoms with Crippen LogP contribution in [0.4, 0.5) is 5.82 Å². The van der Waals surface area contributed by atoms with Crippen LogP contribution in [0, 0.1) is 0 Å². The quantitative estimate of drug-likeness (QED) is 0.525. The molecule has 10 heteroatoms. The molecular weight excluding hydrogens is 452 g/mol. The van der Waals surface area contributed by atoms with Gasteiger partial charge < -0.3 is 14.3 Å². The van der Waals surface area contributed by atoms with Crippen molar-refractivity contribution in [3.05, 3.63) is 54.0 Å². The Bertz CT molecular complexity index is 1220. The summed E-state index contributed by atoms with van der Waals surface area (Å²) in [5.41, 5.74) is 1.90. The third kappa shape index (κ3) is 4.98. The van der Waals surface area contributed by atoms with Crippen LogP contribution in [0.1, 0.15) is 30.3 Å². The predicted octanol–water partition coefficient (Wildman–Crippen LogP) is 2.62. The Morgan fingerprint density at radius 3 is 2.47 bits per heavy atom. The van der Waals surface area contributed by atoms with E-state index < -0.39 is 9.84 Å². The van der Waals surface area contributed by atoms with E-state index in [4.69, 9.17) is 9.51 Å². The van der Waals surface area contributed by atoms with Gasteiger partial charge in [0, 0.05) is 50.7 Å². The van der Waals surface area contributed by atoms with Gasteiger partial charge in [0.25, 0.3) is 0 Å². The van der Waals surface area contributed by atoms with E-state index >= 15 is 0 Å². The van der Waals surface area contributed by atoms with Gasteiger partial charge in [-0.2, -0.15) is 4.98 Å². The van der Waals surface area contributed by atoms with Gasteiger partial charge in [-0.3, -0.25) is 4.90 Å². The van der Waals surface area contributed by atoms with Crippen LogP contribution in [-0.2, 0) is 16.4 Å². The number of aromatic nitrogens is 3. The second-order valence-electron chi connectivity index (χ2n) is 9.20. The summed E-state index contributed by atoms with van der Waals surface area (Å²) in [4.78, 5) is 16.6. The summed E-state index contributed by atoms with van der Waals surface area (Å²) in [6, 6.07) is 11.2. The van der Waals surface area contributed by atoms with E-state index in [0.717, 1.165) is 62.5 Å². The molecule has 5 rings (SSSR count). The molecule has 0 radical (unpaired) electrons. The first-order valence-corrected chi connectivity index (χ1v) is 13.5.